The number of aromatic amines is 1. The number of hydrogen-bond donors (Lipinski definition) is 7. The molecular formula is C67H86BBr4N4O20S-. The Balaban J connectivity index is 0.00000111. The number of nitrogens with one attached hydrogen (secondary N) is 2. The van der Waals surface area contributed by atoms with Gasteiger partial charge in [-0.05, 0) is 181 Å². The normalized spacial score (nSPS) is 10.3. The second kappa shape index (κ2) is 53.4. The van der Waals surface area contributed by atoms with Crippen LogP contribution in [0.15, 0.2) is 197 Å². The number of ether oxygens (including phenoxy) is 8. The van der Waals surface area contributed by atoms with Gasteiger partial charge in [0, 0.05) is 92.2 Å². The van der Waals surface area contributed by atoms with Crippen LogP contribution in [0.4, 0.5) is 11.4 Å². The first-order chi connectivity index (χ1) is 45.7. The summed E-state index contributed by atoms with van der Waals surface area (Å²) in [5.41, 5.74) is 10.1. The summed E-state index contributed by atoms with van der Waals surface area (Å²) in [6.45, 7) is 18.7. The van der Waals surface area contributed by atoms with Crippen molar-refractivity contribution in [2.24, 2.45) is 0 Å². The Kier molecular flexibility index (Phi) is 49.8. The van der Waals surface area contributed by atoms with Crippen LogP contribution in [0, 0.1) is 0 Å². The quantitative estimate of drug-likeness (QED) is 0.0103. The number of carbonyl (C=O) groups is 3. The smallest absolute Gasteiger partial charge is 0.488 e. The van der Waals surface area contributed by atoms with E-state index in [1.54, 1.807) is 54.8 Å². The number of nitrogens with two attached hydrogens (primary N) is 1. The monoisotopic (exact) mass is 1630 g/mol. The molecular weight excluding hydrogens is 1540 g/mol. The minimum absolute atomic E-state index is 0. The van der Waals surface area contributed by atoms with Gasteiger partial charge in [-0.2, -0.15) is 8.42 Å². The maximum atomic E-state index is 12.1. The van der Waals surface area contributed by atoms with Gasteiger partial charge in [-0.25, -0.2) is 0 Å². The lowest BCUT2D eigenvalue weighted by Gasteiger charge is -2.16. The first kappa shape index (κ1) is 90.4. The average Bonchev–Trinajstić information content (AvgIpc) is 0.794. The Hall–Kier alpha value is -6.56. The Labute approximate surface area is 600 Å². The van der Waals surface area contributed by atoms with Crippen LogP contribution in [-0.2, 0) is 62.7 Å². The number of amides is 1. The second-order valence-corrected chi connectivity index (χ2v) is 23.2. The van der Waals surface area contributed by atoms with Gasteiger partial charge in [0.1, 0.15) is 0 Å². The molecule has 0 saturated heterocycles. The van der Waals surface area contributed by atoms with E-state index in [1.165, 1.54) is 6.07 Å². The van der Waals surface area contributed by atoms with Gasteiger partial charge in [-0.15, -0.1) is 0 Å². The molecule has 0 aliphatic rings. The summed E-state index contributed by atoms with van der Waals surface area (Å²) >= 11 is 13.4. The highest BCUT2D eigenvalue weighted by Crippen LogP contribution is 2.21. The number of hydrogen-bond acceptors (Lipinski definition) is 19. The van der Waals surface area contributed by atoms with Crippen molar-refractivity contribution in [3.05, 3.63) is 208 Å². The fraction of sp³-hybridized carbons (Fsp3) is 0.328. The number of fused-ring (bicyclic) bond motifs is 2. The van der Waals surface area contributed by atoms with Gasteiger partial charge < -0.3 is 69.5 Å². The molecule has 24 nitrogen and oxygen atoms in total. The van der Waals surface area contributed by atoms with Crippen LogP contribution < -0.4 is 27.6 Å². The predicted molar refractivity (Wildman–Crippen MR) is 391 cm³/mol. The number of para-hydroxylation sites is 1. The van der Waals surface area contributed by atoms with E-state index in [0.717, 1.165) is 56.8 Å². The Morgan fingerprint density at radius 3 is 1.32 bits per heavy atom. The first-order valence-electron chi connectivity index (χ1n) is 30.1. The van der Waals surface area contributed by atoms with E-state index in [4.69, 9.17) is 71.2 Å². The highest BCUT2D eigenvalue weighted by Gasteiger charge is 2.17. The van der Waals surface area contributed by atoms with Crippen LogP contribution in [0.25, 0.3) is 27.5 Å². The Bertz CT molecular complexity index is 3600. The number of esters is 2. The van der Waals surface area contributed by atoms with Crippen molar-refractivity contribution in [2.75, 3.05) is 63.9 Å². The molecule has 0 saturated carbocycles. The van der Waals surface area contributed by atoms with Crippen LogP contribution in [-0.4, -0.2) is 139 Å². The molecule has 0 bridgehead atoms. The lowest BCUT2D eigenvalue weighted by atomic mass is 9.81. The van der Waals surface area contributed by atoms with Crippen molar-refractivity contribution in [1.29, 1.82) is 0 Å². The summed E-state index contributed by atoms with van der Waals surface area (Å²) in [7, 11) is -6.01. The molecule has 0 fully saturated rings. The summed E-state index contributed by atoms with van der Waals surface area (Å²) in [4.78, 5) is 59.5. The van der Waals surface area contributed by atoms with E-state index < -0.39 is 36.4 Å². The van der Waals surface area contributed by atoms with Gasteiger partial charge in [-0.1, -0.05) is 112 Å². The zero-order chi connectivity index (χ0) is 71.8. The number of halogens is 4. The van der Waals surface area contributed by atoms with E-state index in [-0.39, 0.29) is 53.7 Å². The van der Waals surface area contributed by atoms with E-state index in [2.05, 4.69) is 74.0 Å². The molecule has 0 aliphatic carbocycles. The largest absolute Gasteiger partial charge is 0.870 e. The number of rotatable bonds is 23. The molecule has 0 spiro atoms. The van der Waals surface area contributed by atoms with Gasteiger partial charge in [0.15, 0.2) is 18.9 Å². The number of H-pyrrole nitrogens is 1. The van der Waals surface area contributed by atoms with Gasteiger partial charge in [0.25, 0.3) is 5.56 Å². The molecule has 0 aliphatic heterocycles. The molecule has 9 N–H and O–H groups in total. The van der Waals surface area contributed by atoms with Crippen molar-refractivity contribution in [1.82, 2.24) is 9.55 Å². The van der Waals surface area contributed by atoms with Gasteiger partial charge in [0.05, 0.1) is 38.0 Å². The van der Waals surface area contributed by atoms with Crippen molar-refractivity contribution < 1.29 is 85.3 Å². The second-order valence-electron chi connectivity index (χ2n) is 18.7. The zero-order valence-electron chi connectivity index (χ0n) is 55.1. The van der Waals surface area contributed by atoms with Crippen molar-refractivity contribution in [3.63, 3.8) is 0 Å². The third kappa shape index (κ3) is 43.5. The SMILES string of the molecule is CCOC(=O)CC(OCC)OCC.CCOC(=O)CC(OCC)OCC.CCOC(CC(=O)Nc1ccc(Br)cc1)OCC.Nc1ccc(Br)cc1.O=S(=O)(O)O.O=c1ccc2cc(Br)ccc2[nH]1.O=c1ccc2cc(Br)ccc2n1-c1ccccc1.OB(O)c1ccccc1.[OH-]. The van der Waals surface area contributed by atoms with E-state index >= 15 is 0 Å². The average molecular weight is 1630 g/mol. The summed E-state index contributed by atoms with van der Waals surface area (Å²) in [6.07, 6.45) is -0.887. The van der Waals surface area contributed by atoms with Crippen LogP contribution in [0.5, 0.6) is 0 Å². The molecule has 0 atom stereocenters. The molecule has 8 aromatic rings. The molecule has 6 aromatic carbocycles. The van der Waals surface area contributed by atoms with Crippen LogP contribution in [0.3, 0.4) is 0 Å². The predicted octanol–water partition coefficient (Wildman–Crippen LogP) is 12.5. The highest BCUT2D eigenvalue weighted by molar-refractivity contribution is 9.11. The van der Waals surface area contributed by atoms with Gasteiger partial charge >= 0.3 is 29.5 Å². The number of anilines is 2. The van der Waals surface area contributed by atoms with Crippen LogP contribution in [0.2, 0.25) is 0 Å². The zero-order valence-corrected chi connectivity index (χ0v) is 62.2. The number of nitrogen functional groups attached to an aromatic ring is 1. The third-order valence-corrected chi connectivity index (χ3v) is 13.4. The number of nitrogens with zero attached hydrogens (tertiary/aromatic N) is 1. The fourth-order valence-corrected chi connectivity index (χ4v) is 8.78. The molecule has 532 valence electrons. The molecule has 30 heteroatoms. The lowest BCUT2D eigenvalue weighted by Crippen LogP contribution is -2.29. The summed E-state index contributed by atoms with van der Waals surface area (Å²) in [6, 6.07) is 51.7. The standard InChI is InChI=1S/C15H10BrNO.C13H18BrNO3.C9H6BrNO.2C9H18O4.C6H7BO2.C6H6BrN.H2O4S.H2O/c16-12-7-8-14-11(10-12)6-9-15(18)17(14)13-4-2-1-3-5-13;1-3-17-13(18-4-2)9-12(16)15-11-7-5-10(14)6-8-11;10-7-2-3-8-6(5-7)1-4-9(12)11-8;2*1-4-11-8(10)7-9(12-5-2)13-6-3;8-7(9)6-4-2-1-3-5-6;7-5-1-3-6(8)4-2-5;1-5(2,3)4;/h1-10H;5-8,13H,3-4,9H2,1-2H3,(H,15,16);1-5H,(H,11,12);2*9H,4-7H2,1-3H3;1-5,8-9H;1-4H,8H2;(H2,1,2,3,4);1H2/p-1. The van der Waals surface area contributed by atoms with Gasteiger partial charge in [0.2, 0.25) is 11.5 Å². The molecule has 2 heterocycles. The maximum absolute atomic E-state index is 12.1. The number of carbonyl (C=O) groups excluding carboxylic acids is 3. The Morgan fingerprint density at radius 1 is 0.515 bits per heavy atom. The van der Waals surface area contributed by atoms with Gasteiger partial charge in [-0.3, -0.25) is 37.6 Å². The first-order valence-corrected chi connectivity index (χ1v) is 34.6. The molecule has 1 amide bonds. The van der Waals surface area contributed by atoms with E-state index in [0.29, 0.717) is 58.3 Å². The fourth-order valence-electron chi connectivity index (χ4n) is 7.50. The van der Waals surface area contributed by atoms with Crippen molar-refractivity contribution in [3.8, 4) is 5.69 Å². The molecule has 97 heavy (non-hydrogen) atoms. The van der Waals surface area contributed by atoms with E-state index in [1.807, 2.05) is 169 Å². The minimum atomic E-state index is -4.67. The minimum Gasteiger partial charge on any atom is -0.870 e. The molecule has 0 radical (unpaired) electrons. The summed E-state index contributed by atoms with van der Waals surface area (Å²) < 4.78 is 78.2. The third-order valence-electron chi connectivity index (χ3n) is 11.4. The summed E-state index contributed by atoms with van der Waals surface area (Å²) in [5, 5.41) is 22.0. The number of aromatic nitrogens is 2. The number of pyridine rings is 2. The summed E-state index contributed by atoms with van der Waals surface area (Å²) in [5.74, 6) is -0.687. The highest BCUT2D eigenvalue weighted by atomic mass is 79.9. The molecule has 8 rings (SSSR count). The lowest BCUT2D eigenvalue weighted by molar-refractivity contribution is -0.169. The Morgan fingerprint density at radius 2 is 0.907 bits per heavy atom. The molecule has 2 aromatic heterocycles. The molecule has 0 unspecified atom stereocenters. The number of benzene rings is 6. The maximum Gasteiger partial charge on any atom is 0.488 e. The van der Waals surface area contributed by atoms with E-state index in [9.17, 15) is 24.0 Å². The van der Waals surface area contributed by atoms with Crippen LogP contribution >= 0.6 is 63.7 Å². The van der Waals surface area contributed by atoms with Crippen molar-refractivity contribution >= 4 is 138 Å². The van der Waals surface area contributed by atoms with Crippen LogP contribution in [0.1, 0.15) is 74.7 Å². The topological polar surface area (TPSA) is 363 Å². The van der Waals surface area contributed by atoms with Crippen molar-refractivity contribution in [2.45, 2.75) is 93.5 Å².